The number of hydrogen-bond acceptors (Lipinski definition) is 8. The first-order chi connectivity index (χ1) is 19.8. The third-order valence-electron chi connectivity index (χ3n) is 7.19. The molecule has 41 heavy (non-hydrogen) atoms. The van der Waals surface area contributed by atoms with Crippen molar-refractivity contribution in [3.05, 3.63) is 83.6 Å². The molecule has 3 atom stereocenters. The summed E-state index contributed by atoms with van der Waals surface area (Å²) in [6.45, 7) is 6.93. The Labute approximate surface area is 236 Å². The van der Waals surface area contributed by atoms with Gasteiger partial charge in [-0.1, -0.05) is 44.2 Å². The number of rotatable bonds is 7. The number of nitrogens with one attached hydrogen (secondary N) is 2. The van der Waals surface area contributed by atoms with E-state index < -0.39 is 12.2 Å². The summed E-state index contributed by atoms with van der Waals surface area (Å²) in [7, 11) is 0. The lowest BCUT2D eigenvalue weighted by Crippen LogP contribution is -2.20. The van der Waals surface area contributed by atoms with Gasteiger partial charge >= 0.3 is 0 Å². The first-order valence-electron chi connectivity index (χ1n) is 13.4. The highest BCUT2D eigenvalue weighted by Gasteiger charge is 2.40. The second-order valence-electron chi connectivity index (χ2n) is 11.6. The standard InChI is InChI=1S/C31H28FN9/c1-31(2,3)17-37-29-20(13-34)15-36-28-19(12-33)9-21(10-24(28)29)38-30(26-16-41(40-39-26)27-11-25(27)32)23-6-4-5-18-14-35-8-7-22(18)23/h4-10,14-16,25,27,30,38H,11,17H2,1-3H3,(H,36,37)/t25-,27-,30-/m0/s1. The van der Waals surface area contributed by atoms with Gasteiger partial charge < -0.3 is 10.6 Å². The molecule has 204 valence electrons. The van der Waals surface area contributed by atoms with Crippen LogP contribution in [-0.4, -0.2) is 37.7 Å². The van der Waals surface area contributed by atoms with Gasteiger partial charge in [0.05, 0.1) is 40.6 Å². The van der Waals surface area contributed by atoms with Crippen LogP contribution in [0.25, 0.3) is 21.7 Å². The fourth-order valence-corrected chi connectivity index (χ4v) is 4.99. The smallest absolute Gasteiger partial charge is 0.125 e. The average molecular weight is 546 g/mol. The predicted octanol–water partition coefficient (Wildman–Crippen LogP) is 6.06. The van der Waals surface area contributed by atoms with Gasteiger partial charge in [-0.25, -0.2) is 9.07 Å². The van der Waals surface area contributed by atoms with Crippen LogP contribution in [0.1, 0.15) is 61.7 Å². The lowest BCUT2D eigenvalue weighted by molar-refractivity contribution is 0.425. The summed E-state index contributed by atoms with van der Waals surface area (Å²) in [5.41, 5.74) is 4.05. The van der Waals surface area contributed by atoms with Gasteiger partial charge in [0.15, 0.2) is 0 Å². The van der Waals surface area contributed by atoms with E-state index in [-0.39, 0.29) is 11.5 Å². The maximum Gasteiger partial charge on any atom is 0.125 e. The summed E-state index contributed by atoms with van der Waals surface area (Å²) in [5, 5.41) is 38.2. The number of aromatic nitrogens is 5. The molecule has 6 rings (SSSR count). The van der Waals surface area contributed by atoms with E-state index in [1.54, 1.807) is 29.3 Å². The summed E-state index contributed by atoms with van der Waals surface area (Å²) in [6, 6.07) is 15.3. The predicted molar refractivity (Wildman–Crippen MR) is 155 cm³/mol. The molecule has 0 bridgehead atoms. The van der Waals surface area contributed by atoms with Crippen molar-refractivity contribution in [2.75, 3.05) is 17.2 Å². The van der Waals surface area contributed by atoms with Crippen LogP contribution in [0.5, 0.6) is 0 Å². The average Bonchev–Trinajstić information content (AvgIpc) is 3.50. The van der Waals surface area contributed by atoms with E-state index in [0.29, 0.717) is 52.1 Å². The molecule has 2 aromatic carbocycles. The van der Waals surface area contributed by atoms with Crippen LogP contribution in [0.4, 0.5) is 15.8 Å². The Morgan fingerprint density at radius 1 is 1.10 bits per heavy atom. The molecule has 3 aromatic heterocycles. The quantitative estimate of drug-likeness (QED) is 0.253. The van der Waals surface area contributed by atoms with Crippen LogP contribution < -0.4 is 10.6 Å². The van der Waals surface area contributed by atoms with Gasteiger partial charge in [-0.05, 0) is 34.6 Å². The number of nitrogens with zero attached hydrogens (tertiary/aromatic N) is 7. The van der Waals surface area contributed by atoms with Crippen molar-refractivity contribution < 1.29 is 4.39 Å². The number of halogens is 1. The van der Waals surface area contributed by atoms with Crippen molar-refractivity contribution in [1.29, 1.82) is 10.5 Å². The topological polar surface area (TPSA) is 128 Å². The van der Waals surface area contributed by atoms with Crippen LogP contribution in [-0.2, 0) is 0 Å². The normalized spacial score (nSPS) is 17.1. The Balaban J connectivity index is 1.50. The maximum absolute atomic E-state index is 13.8. The second-order valence-corrected chi connectivity index (χ2v) is 11.6. The summed E-state index contributed by atoms with van der Waals surface area (Å²) < 4.78 is 15.4. The van der Waals surface area contributed by atoms with E-state index in [4.69, 9.17) is 0 Å². The van der Waals surface area contributed by atoms with Gasteiger partial charge in [0, 0.05) is 48.0 Å². The Morgan fingerprint density at radius 3 is 2.63 bits per heavy atom. The number of pyridine rings is 2. The first-order valence-corrected chi connectivity index (χ1v) is 13.4. The van der Waals surface area contributed by atoms with Crippen molar-refractivity contribution in [3.8, 4) is 12.1 Å². The molecular formula is C31H28FN9. The summed E-state index contributed by atoms with van der Waals surface area (Å²) >= 11 is 0. The molecule has 0 aliphatic heterocycles. The lowest BCUT2D eigenvalue weighted by atomic mass is 9.96. The van der Waals surface area contributed by atoms with Crippen LogP contribution in [0.15, 0.2) is 61.2 Å². The Hall–Kier alpha value is -5.09. The molecule has 9 nitrogen and oxygen atoms in total. The molecule has 0 spiro atoms. The Bertz CT molecular complexity index is 1850. The van der Waals surface area contributed by atoms with Crippen molar-refractivity contribution in [2.45, 2.75) is 45.4 Å². The fourth-order valence-electron chi connectivity index (χ4n) is 4.99. The van der Waals surface area contributed by atoms with Crippen molar-refractivity contribution in [2.24, 2.45) is 5.41 Å². The van der Waals surface area contributed by atoms with Crippen molar-refractivity contribution in [3.63, 3.8) is 0 Å². The molecule has 1 saturated carbocycles. The number of benzene rings is 2. The third-order valence-corrected chi connectivity index (χ3v) is 7.19. The minimum Gasteiger partial charge on any atom is -0.383 e. The number of nitriles is 2. The first kappa shape index (κ1) is 26.1. The summed E-state index contributed by atoms with van der Waals surface area (Å²) in [4.78, 5) is 8.72. The van der Waals surface area contributed by atoms with Gasteiger partial charge in [-0.3, -0.25) is 9.97 Å². The highest BCUT2D eigenvalue weighted by Crippen LogP contribution is 2.40. The van der Waals surface area contributed by atoms with E-state index in [1.807, 2.05) is 30.3 Å². The fraction of sp³-hybridized carbons (Fsp3) is 0.290. The largest absolute Gasteiger partial charge is 0.383 e. The molecule has 0 saturated heterocycles. The highest BCUT2D eigenvalue weighted by molar-refractivity contribution is 5.99. The van der Waals surface area contributed by atoms with Gasteiger partial charge in [-0.2, -0.15) is 10.5 Å². The SMILES string of the molecule is CC(C)(C)CNc1c(C#N)cnc2c(C#N)cc(N[C@H](c3cn([C@H]4C[C@@H]4F)nn3)c3cccc4cnccc34)cc12. The monoisotopic (exact) mass is 545 g/mol. The van der Waals surface area contributed by atoms with Gasteiger partial charge in [0.2, 0.25) is 0 Å². The van der Waals surface area contributed by atoms with E-state index in [0.717, 1.165) is 16.3 Å². The van der Waals surface area contributed by atoms with Crippen molar-refractivity contribution >= 4 is 33.1 Å². The lowest BCUT2D eigenvalue weighted by Gasteiger charge is -2.23. The molecule has 0 amide bonds. The second kappa shape index (κ2) is 10.1. The Morgan fingerprint density at radius 2 is 1.90 bits per heavy atom. The van der Waals surface area contributed by atoms with Crippen LogP contribution in [0.3, 0.4) is 0 Å². The molecule has 3 heterocycles. The zero-order valence-corrected chi connectivity index (χ0v) is 22.9. The van der Waals surface area contributed by atoms with Crippen LogP contribution >= 0.6 is 0 Å². The zero-order chi connectivity index (χ0) is 28.7. The molecule has 0 radical (unpaired) electrons. The zero-order valence-electron chi connectivity index (χ0n) is 22.9. The molecule has 1 aliphatic rings. The molecule has 2 N–H and O–H groups in total. The summed E-state index contributed by atoms with van der Waals surface area (Å²) in [5.74, 6) is 0. The maximum atomic E-state index is 13.8. The molecular weight excluding hydrogens is 517 g/mol. The molecule has 0 unspecified atom stereocenters. The van der Waals surface area contributed by atoms with Crippen LogP contribution in [0.2, 0.25) is 0 Å². The van der Waals surface area contributed by atoms with Gasteiger partial charge in [0.1, 0.15) is 24.0 Å². The van der Waals surface area contributed by atoms with E-state index >= 15 is 0 Å². The Kier molecular flexibility index (Phi) is 6.47. The number of hydrogen-bond donors (Lipinski definition) is 2. The minimum absolute atomic E-state index is 0.0451. The third kappa shape index (κ3) is 5.12. The number of anilines is 2. The molecule has 1 fully saturated rings. The number of fused-ring (bicyclic) bond motifs is 2. The minimum atomic E-state index is -0.917. The van der Waals surface area contributed by atoms with E-state index in [2.05, 4.69) is 63.8 Å². The van der Waals surface area contributed by atoms with E-state index in [1.165, 1.54) is 6.20 Å². The van der Waals surface area contributed by atoms with E-state index in [9.17, 15) is 14.9 Å². The highest BCUT2D eigenvalue weighted by atomic mass is 19.1. The van der Waals surface area contributed by atoms with Gasteiger partial charge in [-0.15, -0.1) is 5.10 Å². The van der Waals surface area contributed by atoms with Crippen molar-refractivity contribution in [1.82, 2.24) is 25.0 Å². The molecule has 5 aromatic rings. The molecule has 1 aliphatic carbocycles. The summed E-state index contributed by atoms with van der Waals surface area (Å²) in [6.07, 6.45) is 6.33. The van der Waals surface area contributed by atoms with Crippen LogP contribution in [0, 0.1) is 28.1 Å². The molecule has 10 heteroatoms. The van der Waals surface area contributed by atoms with Gasteiger partial charge in [0.25, 0.3) is 0 Å². The number of alkyl halides is 1.